The van der Waals surface area contributed by atoms with Crippen molar-refractivity contribution in [3.63, 3.8) is 0 Å². The lowest BCUT2D eigenvalue weighted by molar-refractivity contribution is 0.0818. The summed E-state index contributed by atoms with van der Waals surface area (Å²) in [5, 5.41) is 0. The van der Waals surface area contributed by atoms with Crippen LogP contribution in [0.2, 0.25) is 0 Å². The molecule has 1 saturated heterocycles. The average molecular weight is 207 g/mol. The van der Waals surface area contributed by atoms with Crippen molar-refractivity contribution in [3.8, 4) is 0 Å². The van der Waals surface area contributed by atoms with E-state index >= 15 is 0 Å². The number of carbonyl (C=O) groups is 1. The van der Waals surface area contributed by atoms with Crippen molar-refractivity contribution in [1.82, 2.24) is 4.90 Å². The first-order valence-corrected chi connectivity index (χ1v) is 4.89. The Hall–Kier alpha value is -1.55. The highest BCUT2D eigenvalue weighted by molar-refractivity contribution is 5.67. The lowest BCUT2D eigenvalue weighted by Gasteiger charge is -2.13. The van der Waals surface area contributed by atoms with Crippen molar-refractivity contribution in [2.45, 2.75) is 6.61 Å². The van der Waals surface area contributed by atoms with Crippen LogP contribution < -0.4 is 0 Å². The second kappa shape index (κ2) is 4.79. The van der Waals surface area contributed by atoms with Gasteiger partial charge in [0, 0.05) is 6.54 Å². The summed E-state index contributed by atoms with van der Waals surface area (Å²) in [7, 11) is 0. The molecule has 0 saturated carbocycles. The highest BCUT2D eigenvalue weighted by atomic mass is 16.6. The van der Waals surface area contributed by atoms with E-state index in [-0.39, 0.29) is 6.09 Å². The molecule has 0 bridgehead atoms. The molecule has 1 aliphatic rings. The van der Waals surface area contributed by atoms with Crippen LogP contribution in [0.15, 0.2) is 30.3 Å². The number of carbonyl (C=O) groups excluding carboxylic acids is 1. The van der Waals surface area contributed by atoms with Gasteiger partial charge in [-0.1, -0.05) is 30.3 Å². The molecule has 0 unspecified atom stereocenters. The minimum Gasteiger partial charge on any atom is -0.444 e. The highest BCUT2D eigenvalue weighted by Gasteiger charge is 2.19. The van der Waals surface area contributed by atoms with E-state index in [1.807, 2.05) is 30.3 Å². The summed E-state index contributed by atoms with van der Waals surface area (Å²) in [4.78, 5) is 13.0. The summed E-state index contributed by atoms with van der Waals surface area (Å²) in [6, 6.07) is 9.62. The third kappa shape index (κ3) is 2.70. The predicted octanol–water partition coefficient (Wildman–Crippen LogP) is 1.61. The van der Waals surface area contributed by atoms with Gasteiger partial charge in [-0.25, -0.2) is 4.79 Å². The Kier molecular flexibility index (Phi) is 3.19. The van der Waals surface area contributed by atoms with Crippen molar-refractivity contribution in [3.05, 3.63) is 35.9 Å². The van der Waals surface area contributed by atoms with Crippen LogP contribution >= 0.6 is 0 Å². The smallest absolute Gasteiger partial charge is 0.412 e. The van der Waals surface area contributed by atoms with E-state index in [2.05, 4.69) is 0 Å². The number of hydrogen-bond acceptors (Lipinski definition) is 3. The molecular formula is C11H13NO3. The molecule has 4 nitrogen and oxygen atoms in total. The van der Waals surface area contributed by atoms with Gasteiger partial charge in [-0.05, 0) is 5.56 Å². The molecular weight excluding hydrogens is 194 g/mol. The fraction of sp³-hybridized carbons (Fsp3) is 0.364. The lowest BCUT2D eigenvalue weighted by Crippen LogP contribution is -2.28. The molecule has 0 spiro atoms. The van der Waals surface area contributed by atoms with Gasteiger partial charge in [-0.3, -0.25) is 4.90 Å². The van der Waals surface area contributed by atoms with Crippen molar-refractivity contribution in [2.24, 2.45) is 0 Å². The molecule has 0 atom stereocenters. The molecule has 0 N–H and O–H groups in total. The van der Waals surface area contributed by atoms with Gasteiger partial charge in [0.15, 0.2) is 0 Å². The molecule has 1 aliphatic heterocycles. The van der Waals surface area contributed by atoms with E-state index in [9.17, 15) is 4.79 Å². The third-order valence-corrected chi connectivity index (χ3v) is 2.22. The van der Waals surface area contributed by atoms with Crippen LogP contribution in [0, 0.1) is 0 Å². The molecule has 0 radical (unpaired) electrons. The van der Waals surface area contributed by atoms with Gasteiger partial charge in [-0.2, -0.15) is 0 Å². The quantitative estimate of drug-likeness (QED) is 0.739. The zero-order chi connectivity index (χ0) is 10.5. The molecule has 4 heteroatoms. The Morgan fingerprint density at radius 1 is 1.40 bits per heavy atom. The van der Waals surface area contributed by atoms with E-state index in [0.717, 1.165) is 5.56 Å². The van der Waals surface area contributed by atoms with Crippen molar-refractivity contribution >= 4 is 6.09 Å². The molecule has 1 heterocycles. The monoisotopic (exact) mass is 207 g/mol. The van der Waals surface area contributed by atoms with E-state index in [1.165, 1.54) is 0 Å². The van der Waals surface area contributed by atoms with Crippen molar-refractivity contribution in [1.29, 1.82) is 0 Å². The second-order valence-corrected chi connectivity index (χ2v) is 3.34. The van der Waals surface area contributed by atoms with Gasteiger partial charge in [-0.15, -0.1) is 0 Å². The van der Waals surface area contributed by atoms with Crippen LogP contribution in [-0.4, -0.2) is 30.9 Å². The lowest BCUT2D eigenvalue weighted by atomic mass is 10.2. The third-order valence-electron chi connectivity index (χ3n) is 2.22. The first kappa shape index (κ1) is 9.98. The molecule has 0 aliphatic carbocycles. The van der Waals surface area contributed by atoms with Gasteiger partial charge in [0.1, 0.15) is 13.3 Å². The van der Waals surface area contributed by atoms with Crippen LogP contribution in [-0.2, 0) is 16.1 Å². The van der Waals surface area contributed by atoms with Crippen LogP contribution in [0.1, 0.15) is 5.56 Å². The summed E-state index contributed by atoms with van der Waals surface area (Å²) in [6.07, 6.45) is -0.309. The maximum atomic E-state index is 11.4. The number of hydrogen-bond donors (Lipinski definition) is 0. The molecule has 1 aromatic carbocycles. The largest absolute Gasteiger partial charge is 0.444 e. The van der Waals surface area contributed by atoms with Crippen LogP contribution in [0.4, 0.5) is 4.79 Å². The number of nitrogens with zero attached hydrogens (tertiary/aromatic N) is 1. The van der Waals surface area contributed by atoms with Crippen LogP contribution in [0.25, 0.3) is 0 Å². The number of amides is 1. The van der Waals surface area contributed by atoms with Crippen molar-refractivity contribution in [2.75, 3.05) is 19.9 Å². The zero-order valence-electron chi connectivity index (χ0n) is 8.39. The SMILES string of the molecule is O=C(OCc1ccccc1)N1CCOC1. The van der Waals surface area contributed by atoms with Crippen molar-refractivity contribution < 1.29 is 14.3 Å². The summed E-state index contributed by atoms with van der Waals surface area (Å²) in [5.41, 5.74) is 0.992. The molecule has 1 fully saturated rings. The normalized spacial score (nSPS) is 15.3. The van der Waals surface area contributed by atoms with E-state index in [1.54, 1.807) is 4.90 Å². The minimum atomic E-state index is -0.309. The van der Waals surface area contributed by atoms with E-state index in [4.69, 9.17) is 9.47 Å². The topological polar surface area (TPSA) is 38.8 Å². The minimum absolute atomic E-state index is 0.309. The fourth-order valence-electron chi connectivity index (χ4n) is 1.37. The van der Waals surface area contributed by atoms with Crippen LogP contribution in [0.5, 0.6) is 0 Å². The first-order chi connectivity index (χ1) is 7.36. The highest BCUT2D eigenvalue weighted by Crippen LogP contribution is 2.05. The average Bonchev–Trinajstić information content (AvgIpc) is 2.81. The summed E-state index contributed by atoms with van der Waals surface area (Å²) < 4.78 is 10.2. The Morgan fingerprint density at radius 3 is 2.87 bits per heavy atom. The number of benzene rings is 1. The zero-order valence-corrected chi connectivity index (χ0v) is 8.39. The predicted molar refractivity (Wildman–Crippen MR) is 54.2 cm³/mol. The Morgan fingerprint density at radius 2 is 2.20 bits per heavy atom. The van der Waals surface area contributed by atoms with Gasteiger partial charge in [0.2, 0.25) is 0 Å². The summed E-state index contributed by atoms with van der Waals surface area (Å²) in [5.74, 6) is 0. The van der Waals surface area contributed by atoms with Gasteiger partial charge in [0.05, 0.1) is 6.61 Å². The van der Waals surface area contributed by atoms with Gasteiger partial charge in [0.25, 0.3) is 0 Å². The first-order valence-electron chi connectivity index (χ1n) is 4.89. The summed E-state index contributed by atoms with van der Waals surface area (Å²) in [6.45, 7) is 1.87. The molecule has 2 rings (SSSR count). The molecule has 80 valence electrons. The maximum absolute atomic E-state index is 11.4. The standard InChI is InChI=1S/C11H13NO3/c13-11(12-6-7-14-9-12)15-8-10-4-2-1-3-5-10/h1-5H,6-9H2. The van der Waals surface area contributed by atoms with Gasteiger partial charge < -0.3 is 9.47 Å². The Bertz CT molecular complexity index is 320. The molecule has 1 amide bonds. The van der Waals surface area contributed by atoms with E-state index < -0.39 is 0 Å². The molecule has 15 heavy (non-hydrogen) atoms. The summed E-state index contributed by atoms with van der Waals surface area (Å²) >= 11 is 0. The number of rotatable bonds is 2. The van der Waals surface area contributed by atoms with Gasteiger partial charge >= 0.3 is 6.09 Å². The second-order valence-electron chi connectivity index (χ2n) is 3.34. The number of ether oxygens (including phenoxy) is 2. The Labute approximate surface area is 88.4 Å². The Balaban J connectivity index is 1.80. The van der Waals surface area contributed by atoms with E-state index in [0.29, 0.717) is 26.5 Å². The fourth-order valence-corrected chi connectivity index (χ4v) is 1.37. The molecule has 0 aromatic heterocycles. The maximum Gasteiger partial charge on any atom is 0.412 e. The molecule has 1 aromatic rings. The van der Waals surface area contributed by atoms with Crippen LogP contribution in [0.3, 0.4) is 0 Å².